The summed E-state index contributed by atoms with van der Waals surface area (Å²) in [5.41, 5.74) is -0.401. The summed E-state index contributed by atoms with van der Waals surface area (Å²) in [7, 11) is -4.13. The number of nitro groups is 1. The Hall–Kier alpha value is -1.91. The van der Waals surface area contributed by atoms with Crippen LogP contribution in [0.1, 0.15) is 5.56 Å². The molecule has 0 amide bonds. The Labute approximate surface area is 92.3 Å². The summed E-state index contributed by atoms with van der Waals surface area (Å²) in [5, 5.41) is 15.7. The van der Waals surface area contributed by atoms with Gasteiger partial charge in [-0.3, -0.25) is 10.1 Å². The van der Waals surface area contributed by atoms with Crippen molar-refractivity contribution in [3.63, 3.8) is 0 Å². The second kappa shape index (κ2) is 4.30. The minimum atomic E-state index is -4.13. The lowest BCUT2D eigenvalue weighted by molar-refractivity contribution is -0.388. The monoisotopic (exact) mass is 240 g/mol. The molecule has 0 heterocycles. The molecule has 0 aliphatic heterocycles. The SMILES string of the molecule is C#CCc1cccc(S(N)(=O)=O)c1[N+](=O)[O-]. The summed E-state index contributed by atoms with van der Waals surface area (Å²) in [5.74, 6) is 2.22. The van der Waals surface area contributed by atoms with Crippen LogP contribution < -0.4 is 5.14 Å². The van der Waals surface area contributed by atoms with Gasteiger partial charge in [0.25, 0.3) is 5.69 Å². The van der Waals surface area contributed by atoms with Crippen LogP contribution in [-0.4, -0.2) is 13.3 Å². The van der Waals surface area contributed by atoms with Gasteiger partial charge in [0.1, 0.15) is 0 Å². The fourth-order valence-electron chi connectivity index (χ4n) is 1.26. The van der Waals surface area contributed by atoms with E-state index in [2.05, 4.69) is 5.92 Å². The highest BCUT2D eigenvalue weighted by Crippen LogP contribution is 2.27. The summed E-state index contributed by atoms with van der Waals surface area (Å²) < 4.78 is 22.3. The molecule has 0 saturated carbocycles. The highest BCUT2D eigenvalue weighted by molar-refractivity contribution is 7.89. The molecule has 7 heteroatoms. The molecule has 16 heavy (non-hydrogen) atoms. The lowest BCUT2D eigenvalue weighted by Gasteiger charge is -2.03. The van der Waals surface area contributed by atoms with E-state index < -0.39 is 25.5 Å². The number of benzene rings is 1. The van der Waals surface area contributed by atoms with Crippen molar-refractivity contribution in [1.82, 2.24) is 0 Å². The van der Waals surface area contributed by atoms with E-state index in [0.29, 0.717) is 0 Å². The van der Waals surface area contributed by atoms with Crippen LogP contribution in [0.2, 0.25) is 0 Å². The lowest BCUT2D eigenvalue weighted by atomic mass is 10.1. The molecule has 84 valence electrons. The molecular weight excluding hydrogens is 232 g/mol. The van der Waals surface area contributed by atoms with Gasteiger partial charge in [-0.25, -0.2) is 13.6 Å². The molecule has 0 aliphatic carbocycles. The van der Waals surface area contributed by atoms with Crippen LogP contribution in [0.4, 0.5) is 5.69 Å². The normalized spacial score (nSPS) is 10.8. The molecule has 0 bridgehead atoms. The number of primary sulfonamides is 1. The number of terminal acetylenes is 1. The number of nitro benzene ring substituents is 1. The third kappa shape index (κ3) is 2.36. The third-order valence-electron chi connectivity index (χ3n) is 1.86. The average molecular weight is 240 g/mol. The molecule has 0 fully saturated rings. The van der Waals surface area contributed by atoms with E-state index >= 15 is 0 Å². The fraction of sp³-hybridized carbons (Fsp3) is 0.111. The average Bonchev–Trinajstić information content (AvgIpc) is 2.16. The zero-order chi connectivity index (χ0) is 12.3. The summed E-state index contributed by atoms with van der Waals surface area (Å²) in [6.45, 7) is 0. The van der Waals surface area contributed by atoms with Crippen LogP contribution >= 0.6 is 0 Å². The molecule has 0 aliphatic rings. The number of hydrogen-bond acceptors (Lipinski definition) is 4. The summed E-state index contributed by atoms with van der Waals surface area (Å²) in [4.78, 5) is 9.46. The number of para-hydroxylation sites is 1. The Kier molecular flexibility index (Phi) is 3.27. The first kappa shape index (κ1) is 12.2. The molecule has 1 aromatic rings. The quantitative estimate of drug-likeness (QED) is 0.469. The first-order valence-corrected chi connectivity index (χ1v) is 5.65. The van der Waals surface area contributed by atoms with Crippen LogP contribution in [-0.2, 0) is 16.4 Å². The van der Waals surface area contributed by atoms with Gasteiger partial charge in [-0.1, -0.05) is 12.1 Å². The van der Waals surface area contributed by atoms with Crippen molar-refractivity contribution in [2.75, 3.05) is 0 Å². The smallest absolute Gasteiger partial charge is 0.258 e. The largest absolute Gasteiger partial charge is 0.293 e. The first-order valence-electron chi connectivity index (χ1n) is 4.10. The minimum absolute atomic E-state index is 0.0281. The minimum Gasteiger partial charge on any atom is -0.258 e. The molecule has 0 unspecified atom stereocenters. The number of nitrogens with zero attached hydrogens (tertiary/aromatic N) is 1. The molecule has 0 spiro atoms. The first-order chi connectivity index (χ1) is 7.38. The predicted molar refractivity (Wildman–Crippen MR) is 57.0 cm³/mol. The second-order valence-corrected chi connectivity index (χ2v) is 4.48. The molecule has 0 radical (unpaired) electrons. The number of sulfonamides is 1. The Morgan fingerprint density at radius 2 is 2.12 bits per heavy atom. The molecule has 1 aromatic carbocycles. The number of hydrogen-bond donors (Lipinski definition) is 1. The Balaban J connectivity index is 3.59. The molecule has 0 saturated heterocycles. The topological polar surface area (TPSA) is 103 Å². The van der Waals surface area contributed by atoms with Crippen LogP contribution in [0.15, 0.2) is 23.1 Å². The van der Waals surface area contributed by atoms with E-state index in [1.54, 1.807) is 0 Å². The fourth-order valence-corrected chi connectivity index (χ4v) is 2.00. The van der Waals surface area contributed by atoms with Crippen LogP contribution in [0.25, 0.3) is 0 Å². The number of nitrogens with two attached hydrogens (primary N) is 1. The van der Waals surface area contributed by atoms with E-state index in [9.17, 15) is 18.5 Å². The maximum Gasteiger partial charge on any atom is 0.293 e. The highest BCUT2D eigenvalue weighted by atomic mass is 32.2. The van der Waals surface area contributed by atoms with Gasteiger partial charge in [-0.05, 0) is 6.07 Å². The predicted octanol–water partition coefficient (Wildman–Crippen LogP) is 0.418. The zero-order valence-corrected chi connectivity index (χ0v) is 8.90. The summed E-state index contributed by atoms with van der Waals surface area (Å²) in [6.07, 6.45) is 5.01. The Morgan fingerprint density at radius 3 is 2.56 bits per heavy atom. The van der Waals surface area contributed by atoms with Crippen LogP contribution in [0, 0.1) is 22.5 Å². The second-order valence-electron chi connectivity index (χ2n) is 2.95. The van der Waals surface area contributed by atoms with Crippen molar-refractivity contribution in [2.24, 2.45) is 5.14 Å². The van der Waals surface area contributed by atoms with Crippen LogP contribution in [0.5, 0.6) is 0 Å². The van der Waals surface area contributed by atoms with Crippen molar-refractivity contribution in [3.05, 3.63) is 33.9 Å². The van der Waals surface area contributed by atoms with Crippen molar-refractivity contribution in [2.45, 2.75) is 11.3 Å². The molecular formula is C9H8N2O4S. The maximum absolute atomic E-state index is 11.1. The van der Waals surface area contributed by atoms with Gasteiger partial charge in [-0.2, -0.15) is 0 Å². The van der Waals surface area contributed by atoms with Crippen molar-refractivity contribution in [3.8, 4) is 12.3 Å². The van der Waals surface area contributed by atoms with Crippen molar-refractivity contribution < 1.29 is 13.3 Å². The highest BCUT2D eigenvalue weighted by Gasteiger charge is 2.25. The van der Waals surface area contributed by atoms with Gasteiger partial charge in [-0.15, -0.1) is 12.3 Å². The zero-order valence-electron chi connectivity index (χ0n) is 8.08. The van der Waals surface area contributed by atoms with Gasteiger partial charge in [0.15, 0.2) is 4.90 Å². The molecule has 6 nitrogen and oxygen atoms in total. The summed E-state index contributed by atoms with van der Waals surface area (Å²) in [6, 6.07) is 3.83. The standard InChI is InChI=1S/C9H8N2O4S/c1-2-4-7-5-3-6-8(16(10,14)15)9(7)11(12)13/h1,3,5-6H,4H2,(H2,10,14,15). The van der Waals surface area contributed by atoms with E-state index in [4.69, 9.17) is 11.6 Å². The van der Waals surface area contributed by atoms with E-state index in [1.807, 2.05) is 0 Å². The lowest BCUT2D eigenvalue weighted by Crippen LogP contribution is -2.15. The third-order valence-corrected chi connectivity index (χ3v) is 2.81. The van der Waals surface area contributed by atoms with Gasteiger partial charge in [0.05, 0.1) is 4.92 Å². The molecule has 0 atom stereocenters. The van der Waals surface area contributed by atoms with Crippen molar-refractivity contribution in [1.29, 1.82) is 0 Å². The van der Waals surface area contributed by atoms with E-state index in [1.165, 1.54) is 12.1 Å². The molecule has 2 N–H and O–H groups in total. The Morgan fingerprint density at radius 1 is 1.50 bits per heavy atom. The van der Waals surface area contributed by atoms with Gasteiger partial charge >= 0.3 is 0 Å². The summed E-state index contributed by atoms with van der Waals surface area (Å²) >= 11 is 0. The molecule has 0 aromatic heterocycles. The van der Waals surface area contributed by atoms with Crippen LogP contribution in [0.3, 0.4) is 0 Å². The Bertz CT molecular complexity index is 572. The maximum atomic E-state index is 11.1. The van der Waals surface area contributed by atoms with Gasteiger partial charge < -0.3 is 0 Å². The van der Waals surface area contributed by atoms with E-state index in [-0.39, 0.29) is 12.0 Å². The van der Waals surface area contributed by atoms with E-state index in [0.717, 1.165) is 6.07 Å². The molecule has 1 rings (SSSR count). The van der Waals surface area contributed by atoms with Gasteiger partial charge in [0, 0.05) is 12.0 Å². The van der Waals surface area contributed by atoms with Crippen molar-refractivity contribution >= 4 is 15.7 Å². The number of rotatable bonds is 3. The van der Waals surface area contributed by atoms with Gasteiger partial charge in [0.2, 0.25) is 10.0 Å².